The maximum absolute atomic E-state index is 13.7. The van der Waals surface area contributed by atoms with Crippen molar-refractivity contribution in [3.05, 3.63) is 78.1 Å². The first-order valence-corrected chi connectivity index (χ1v) is 13.1. The van der Waals surface area contributed by atoms with Crippen molar-refractivity contribution in [2.24, 2.45) is 0 Å². The number of benzene rings is 3. The normalized spacial score (nSPS) is 12.5. The highest BCUT2D eigenvalue weighted by molar-refractivity contribution is 7.92. The summed E-state index contributed by atoms with van der Waals surface area (Å²) in [6, 6.07) is 15.3. The Kier molecular flexibility index (Phi) is 7.92. The number of fused-ring (bicyclic) bond motifs is 1. The van der Waals surface area contributed by atoms with E-state index in [1.54, 1.807) is 24.3 Å². The number of halogens is 1. The smallest absolute Gasteiger partial charge is 0.264 e. The minimum Gasteiger partial charge on any atom is -0.486 e. The Labute approximate surface area is 214 Å². The lowest BCUT2D eigenvalue weighted by Gasteiger charge is -2.25. The molecular formula is C26H26FN3O6S. The standard InChI is InChI=1S/C26H26FN3O6S/c1-2-13-28-26(32)21-5-3-4-6-22(21)29-25(31)17-30(19-9-7-18(27)8-10-19)37(33,34)20-11-12-23-24(16-20)36-15-14-35-23/h3-12,16H,2,13-15,17H2,1H3,(H,28,32)(H,29,31). The summed E-state index contributed by atoms with van der Waals surface area (Å²) in [6.07, 6.45) is 0.741. The predicted molar refractivity (Wildman–Crippen MR) is 136 cm³/mol. The van der Waals surface area contributed by atoms with E-state index in [1.165, 1.54) is 30.3 Å². The molecule has 0 unspecified atom stereocenters. The number of para-hydroxylation sites is 1. The third-order valence-corrected chi connectivity index (χ3v) is 7.25. The number of carbonyl (C=O) groups is 2. The molecule has 11 heteroatoms. The van der Waals surface area contributed by atoms with Crippen LogP contribution in [0.15, 0.2) is 71.6 Å². The largest absolute Gasteiger partial charge is 0.486 e. The summed E-state index contributed by atoms with van der Waals surface area (Å²) in [5.41, 5.74) is 0.560. The van der Waals surface area contributed by atoms with E-state index in [1.807, 2.05) is 6.92 Å². The summed E-state index contributed by atoms with van der Waals surface area (Å²) in [4.78, 5) is 25.5. The van der Waals surface area contributed by atoms with E-state index in [2.05, 4.69) is 10.6 Å². The van der Waals surface area contributed by atoms with E-state index in [9.17, 15) is 22.4 Å². The third-order valence-electron chi connectivity index (χ3n) is 5.48. The first-order chi connectivity index (χ1) is 17.8. The molecule has 1 aliphatic heterocycles. The number of hydrogen-bond donors (Lipinski definition) is 2. The molecule has 0 saturated heterocycles. The summed E-state index contributed by atoms with van der Waals surface area (Å²) in [7, 11) is -4.29. The first kappa shape index (κ1) is 26.0. The van der Waals surface area contributed by atoms with Gasteiger partial charge >= 0.3 is 0 Å². The molecule has 3 aromatic carbocycles. The van der Waals surface area contributed by atoms with Gasteiger partial charge in [-0.3, -0.25) is 13.9 Å². The van der Waals surface area contributed by atoms with Crippen LogP contribution in [0, 0.1) is 5.82 Å². The highest BCUT2D eigenvalue weighted by Gasteiger charge is 2.29. The summed E-state index contributed by atoms with van der Waals surface area (Å²) in [6.45, 7) is 2.37. The van der Waals surface area contributed by atoms with Crippen LogP contribution in [-0.4, -0.2) is 46.5 Å². The van der Waals surface area contributed by atoms with E-state index < -0.39 is 28.3 Å². The van der Waals surface area contributed by atoms with Crippen molar-refractivity contribution in [3.8, 4) is 11.5 Å². The van der Waals surface area contributed by atoms with Crippen molar-refractivity contribution in [3.63, 3.8) is 0 Å². The molecule has 3 aromatic rings. The lowest BCUT2D eigenvalue weighted by atomic mass is 10.1. The van der Waals surface area contributed by atoms with Crippen LogP contribution in [-0.2, 0) is 14.8 Å². The van der Waals surface area contributed by atoms with Crippen molar-refractivity contribution in [2.45, 2.75) is 18.2 Å². The minimum atomic E-state index is -4.29. The number of anilines is 2. The minimum absolute atomic E-state index is 0.0837. The van der Waals surface area contributed by atoms with Gasteiger partial charge in [-0.15, -0.1) is 0 Å². The average molecular weight is 528 g/mol. The second kappa shape index (κ2) is 11.3. The van der Waals surface area contributed by atoms with Crippen molar-refractivity contribution in [1.29, 1.82) is 0 Å². The fourth-order valence-corrected chi connectivity index (χ4v) is 5.11. The molecule has 37 heavy (non-hydrogen) atoms. The number of ether oxygens (including phenoxy) is 2. The number of carbonyl (C=O) groups excluding carboxylic acids is 2. The Morgan fingerprint density at radius 1 is 0.973 bits per heavy atom. The summed E-state index contributed by atoms with van der Waals surface area (Å²) >= 11 is 0. The van der Waals surface area contributed by atoms with E-state index in [-0.39, 0.29) is 40.1 Å². The monoisotopic (exact) mass is 527 g/mol. The lowest BCUT2D eigenvalue weighted by Crippen LogP contribution is -2.38. The Hall–Kier alpha value is -4.12. The molecule has 4 rings (SSSR count). The zero-order valence-electron chi connectivity index (χ0n) is 20.1. The third kappa shape index (κ3) is 6.00. The Bertz CT molecular complexity index is 1400. The fraction of sp³-hybridized carbons (Fsp3) is 0.231. The SMILES string of the molecule is CCCNC(=O)c1ccccc1NC(=O)CN(c1ccc(F)cc1)S(=O)(=O)c1ccc2c(c1)OCCO2. The molecule has 194 valence electrons. The number of nitrogens with zero attached hydrogens (tertiary/aromatic N) is 1. The van der Waals surface area contributed by atoms with E-state index >= 15 is 0 Å². The van der Waals surface area contributed by atoms with Gasteiger partial charge < -0.3 is 20.1 Å². The first-order valence-electron chi connectivity index (χ1n) is 11.6. The molecule has 0 atom stereocenters. The summed E-state index contributed by atoms with van der Waals surface area (Å²) in [5.74, 6) is -0.938. The molecule has 0 radical (unpaired) electrons. The van der Waals surface area contributed by atoms with Crippen LogP contribution >= 0.6 is 0 Å². The molecule has 1 heterocycles. The van der Waals surface area contributed by atoms with Crippen LogP contribution in [0.3, 0.4) is 0 Å². The van der Waals surface area contributed by atoms with Crippen LogP contribution in [0.5, 0.6) is 11.5 Å². The molecular weight excluding hydrogens is 501 g/mol. The topological polar surface area (TPSA) is 114 Å². The van der Waals surface area contributed by atoms with Crippen molar-refractivity contribution >= 4 is 33.2 Å². The quantitative estimate of drug-likeness (QED) is 0.440. The zero-order chi connectivity index (χ0) is 26.4. The van der Waals surface area contributed by atoms with Gasteiger partial charge in [0, 0.05) is 12.6 Å². The Balaban J connectivity index is 1.64. The van der Waals surface area contributed by atoms with Gasteiger partial charge in [-0.05, 0) is 55.0 Å². The predicted octanol–water partition coefficient (Wildman–Crippen LogP) is 3.57. The number of amides is 2. The van der Waals surface area contributed by atoms with Gasteiger partial charge in [0.25, 0.3) is 15.9 Å². The van der Waals surface area contributed by atoms with Gasteiger partial charge in [0.15, 0.2) is 11.5 Å². The van der Waals surface area contributed by atoms with Crippen LogP contribution in [0.25, 0.3) is 0 Å². The van der Waals surface area contributed by atoms with Gasteiger partial charge in [0.1, 0.15) is 25.6 Å². The maximum Gasteiger partial charge on any atom is 0.264 e. The van der Waals surface area contributed by atoms with Gasteiger partial charge in [0.05, 0.1) is 21.8 Å². The van der Waals surface area contributed by atoms with Crippen LogP contribution in [0.2, 0.25) is 0 Å². The number of nitrogens with one attached hydrogen (secondary N) is 2. The highest BCUT2D eigenvalue weighted by Crippen LogP contribution is 2.34. The van der Waals surface area contributed by atoms with Gasteiger partial charge in [0.2, 0.25) is 5.91 Å². The molecule has 0 aliphatic carbocycles. The second-order valence-corrected chi connectivity index (χ2v) is 10.0. The van der Waals surface area contributed by atoms with E-state index in [0.717, 1.165) is 22.9 Å². The number of sulfonamides is 1. The number of rotatable bonds is 9. The summed E-state index contributed by atoms with van der Waals surface area (Å²) < 4.78 is 52.8. The Morgan fingerprint density at radius 3 is 2.41 bits per heavy atom. The molecule has 2 amide bonds. The van der Waals surface area contributed by atoms with Crippen molar-refractivity contribution in [1.82, 2.24) is 5.32 Å². The second-order valence-electron chi connectivity index (χ2n) is 8.14. The highest BCUT2D eigenvalue weighted by atomic mass is 32.2. The van der Waals surface area contributed by atoms with E-state index in [4.69, 9.17) is 9.47 Å². The van der Waals surface area contributed by atoms with Gasteiger partial charge in [-0.2, -0.15) is 0 Å². The van der Waals surface area contributed by atoms with Crippen LogP contribution in [0.1, 0.15) is 23.7 Å². The maximum atomic E-state index is 13.7. The zero-order valence-corrected chi connectivity index (χ0v) is 20.9. The molecule has 2 N–H and O–H groups in total. The molecule has 0 aromatic heterocycles. The molecule has 1 aliphatic rings. The van der Waals surface area contributed by atoms with Crippen molar-refractivity contribution < 1.29 is 31.9 Å². The molecule has 0 spiro atoms. The number of hydrogen-bond acceptors (Lipinski definition) is 6. The van der Waals surface area contributed by atoms with E-state index in [0.29, 0.717) is 18.9 Å². The molecule has 9 nitrogen and oxygen atoms in total. The average Bonchev–Trinajstić information content (AvgIpc) is 2.91. The van der Waals surface area contributed by atoms with Gasteiger partial charge in [-0.1, -0.05) is 19.1 Å². The lowest BCUT2D eigenvalue weighted by molar-refractivity contribution is -0.114. The summed E-state index contributed by atoms with van der Waals surface area (Å²) in [5, 5.41) is 5.38. The van der Waals surface area contributed by atoms with Crippen molar-refractivity contribution in [2.75, 3.05) is 35.9 Å². The Morgan fingerprint density at radius 2 is 1.68 bits per heavy atom. The molecule has 0 bridgehead atoms. The van der Waals surface area contributed by atoms with Gasteiger partial charge in [-0.25, -0.2) is 12.8 Å². The molecule has 0 fully saturated rings. The van der Waals surface area contributed by atoms with Crippen LogP contribution < -0.4 is 24.4 Å². The van der Waals surface area contributed by atoms with Crippen LogP contribution in [0.4, 0.5) is 15.8 Å². The molecule has 0 saturated carbocycles. The fourth-order valence-electron chi connectivity index (χ4n) is 3.68.